The second-order valence-electron chi connectivity index (χ2n) is 7.49. The number of hydrogen-bond donors (Lipinski definition) is 0. The summed E-state index contributed by atoms with van der Waals surface area (Å²) in [5, 5.41) is 0. The summed E-state index contributed by atoms with van der Waals surface area (Å²) in [6, 6.07) is 11.8. The van der Waals surface area contributed by atoms with E-state index in [2.05, 4.69) is 17.1 Å². The maximum atomic E-state index is 12.9. The van der Waals surface area contributed by atoms with E-state index in [9.17, 15) is 13.2 Å². The summed E-state index contributed by atoms with van der Waals surface area (Å²) in [4.78, 5) is 21.3. The molecular weight excluding hydrogens is 374 g/mol. The fourth-order valence-corrected chi connectivity index (χ4v) is 5.89. The third kappa shape index (κ3) is 3.76. The zero-order valence-electron chi connectivity index (χ0n) is 16.0. The van der Waals surface area contributed by atoms with Gasteiger partial charge in [-0.1, -0.05) is 24.3 Å². The lowest BCUT2D eigenvalue weighted by Gasteiger charge is -2.30. The summed E-state index contributed by atoms with van der Waals surface area (Å²) in [5.74, 6) is 1.13. The third-order valence-corrected chi connectivity index (χ3v) is 7.45. The number of amides is 1. The molecule has 3 heterocycles. The lowest BCUT2D eigenvalue weighted by molar-refractivity contribution is 0.0734. The number of fused-ring (bicyclic) bond motifs is 1. The summed E-state index contributed by atoms with van der Waals surface area (Å²) in [6.45, 7) is 4.01. The largest absolute Gasteiger partial charge is 0.353 e. The van der Waals surface area contributed by atoms with E-state index in [-0.39, 0.29) is 23.5 Å². The molecule has 0 radical (unpaired) electrons. The lowest BCUT2D eigenvalue weighted by Crippen LogP contribution is -2.37. The molecule has 0 spiro atoms. The van der Waals surface area contributed by atoms with Gasteiger partial charge in [0.1, 0.15) is 5.82 Å². The molecule has 2 aromatic rings. The first-order valence-corrected chi connectivity index (χ1v) is 11.6. The van der Waals surface area contributed by atoms with Gasteiger partial charge in [0.15, 0.2) is 9.84 Å². The van der Waals surface area contributed by atoms with E-state index in [1.807, 2.05) is 34.9 Å². The first-order chi connectivity index (χ1) is 13.5. The van der Waals surface area contributed by atoms with E-state index in [0.717, 1.165) is 12.2 Å². The Bertz CT molecular complexity index is 973. The number of aromatic nitrogens is 1. The van der Waals surface area contributed by atoms with Crippen molar-refractivity contribution in [2.45, 2.75) is 32.4 Å². The number of anilines is 1. The summed E-state index contributed by atoms with van der Waals surface area (Å²) in [7, 11) is -2.95. The highest BCUT2D eigenvalue weighted by atomic mass is 32.2. The van der Waals surface area contributed by atoms with Gasteiger partial charge >= 0.3 is 0 Å². The number of rotatable bonds is 4. The normalized spacial score (nSPS) is 20.6. The number of carbonyl (C=O) groups excluding carboxylic acids is 1. The van der Waals surface area contributed by atoms with Crippen LogP contribution in [0.4, 0.5) is 5.82 Å². The molecule has 1 aromatic heterocycles. The SMILES string of the molecule is CCN(c1ccc(C(=O)N2CCc3ccccc3C2)cn1)C1CCS(=O)(=O)C1. The van der Waals surface area contributed by atoms with Crippen LogP contribution in [0.2, 0.25) is 0 Å². The van der Waals surface area contributed by atoms with Gasteiger partial charge in [0.25, 0.3) is 5.91 Å². The molecule has 6 nitrogen and oxygen atoms in total. The fourth-order valence-electron chi connectivity index (χ4n) is 4.16. The predicted molar refractivity (Wildman–Crippen MR) is 109 cm³/mol. The zero-order chi connectivity index (χ0) is 19.7. The van der Waals surface area contributed by atoms with E-state index in [1.165, 1.54) is 11.1 Å². The zero-order valence-corrected chi connectivity index (χ0v) is 16.9. The van der Waals surface area contributed by atoms with Crippen molar-refractivity contribution in [1.29, 1.82) is 0 Å². The van der Waals surface area contributed by atoms with Gasteiger partial charge < -0.3 is 9.80 Å². The number of sulfone groups is 1. The van der Waals surface area contributed by atoms with Gasteiger partial charge in [-0.25, -0.2) is 13.4 Å². The van der Waals surface area contributed by atoms with E-state index in [0.29, 0.717) is 31.6 Å². The topological polar surface area (TPSA) is 70.6 Å². The molecule has 0 aliphatic carbocycles. The molecule has 2 aliphatic heterocycles. The number of nitrogens with zero attached hydrogens (tertiary/aromatic N) is 3. The van der Waals surface area contributed by atoms with Gasteiger partial charge in [-0.05, 0) is 43.0 Å². The van der Waals surface area contributed by atoms with Crippen LogP contribution in [-0.2, 0) is 22.8 Å². The van der Waals surface area contributed by atoms with Gasteiger partial charge in [-0.15, -0.1) is 0 Å². The molecule has 0 saturated carbocycles. The number of pyridine rings is 1. The minimum atomic E-state index is -2.95. The molecule has 1 amide bonds. The monoisotopic (exact) mass is 399 g/mol. The molecule has 2 aliphatic rings. The second kappa shape index (κ2) is 7.54. The average molecular weight is 400 g/mol. The maximum Gasteiger partial charge on any atom is 0.255 e. The molecule has 1 fully saturated rings. The molecular formula is C21H25N3O3S. The standard InChI is InChI=1S/C21H25N3O3S/c1-2-24(19-10-12-28(26,27)15-19)20-8-7-17(13-22-20)21(25)23-11-9-16-5-3-4-6-18(16)14-23/h3-8,13,19H,2,9-12,14-15H2,1H3. The Hall–Kier alpha value is -2.41. The number of carbonyl (C=O) groups is 1. The van der Waals surface area contributed by atoms with Gasteiger partial charge in [0, 0.05) is 31.9 Å². The Morgan fingerprint density at radius 3 is 2.64 bits per heavy atom. The van der Waals surface area contributed by atoms with Crippen LogP contribution >= 0.6 is 0 Å². The second-order valence-corrected chi connectivity index (χ2v) is 9.72. The van der Waals surface area contributed by atoms with Gasteiger partial charge in [0.05, 0.1) is 17.1 Å². The van der Waals surface area contributed by atoms with Crippen LogP contribution in [0.25, 0.3) is 0 Å². The quantitative estimate of drug-likeness (QED) is 0.789. The van der Waals surface area contributed by atoms with Crippen LogP contribution in [-0.4, -0.2) is 54.8 Å². The van der Waals surface area contributed by atoms with Crippen LogP contribution < -0.4 is 4.90 Å². The first-order valence-electron chi connectivity index (χ1n) is 9.76. The molecule has 4 rings (SSSR count). The van der Waals surface area contributed by atoms with Crippen LogP contribution in [0.3, 0.4) is 0 Å². The first kappa shape index (κ1) is 18.9. The van der Waals surface area contributed by atoms with Crippen molar-refractivity contribution < 1.29 is 13.2 Å². The van der Waals surface area contributed by atoms with Gasteiger partial charge in [0.2, 0.25) is 0 Å². The van der Waals surface area contributed by atoms with Crippen molar-refractivity contribution >= 4 is 21.6 Å². The van der Waals surface area contributed by atoms with Crippen LogP contribution in [0, 0.1) is 0 Å². The summed E-state index contributed by atoms with van der Waals surface area (Å²) >= 11 is 0. The average Bonchev–Trinajstić information content (AvgIpc) is 3.07. The van der Waals surface area contributed by atoms with E-state index in [4.69, 9.17) is 0 Å². The van der Waals surface area contributed by atoms with Crippen molar-refractivity contribution in [3.63, 3.8) is 0 Å². The molecule has 0 N–H and O–H groups in total. The summed E-state index contributed by atoms with van der Waals surface area (Å²) in [6.07, 6.45) is 3.11. The van der Waals surface area contributed by atoms with Crippen molar-refractivity contribution in [3.8, 4) is 0 Å². The smallest absolute Gasteiger partial charge is 0.255 e. The fraction of sp³-hybridized carbons (Fsp3) is 0.429. The van der Waals surface area contributed by atoms with Crippen LogP contribution in [0.15, 0.2) is 42.6 Å². The highest BCUT2D eigenvalue weighted by molar-refractivity contribution is 7.91. The number of benzene rings is 1. The van der Waals surface area contributed by atoms with E-state index in [1.54, 1.807) is 12.3 Å². The molecule has 1 aromatic carbocycles. The van der Waals surface area contributed by atoms with Crippen molar-refractivity contribution in [1.82, 2.24) is 9.88 Å². The maximum absolute atomic E-state index is 12.9. The van der Waals surface area contributed by atoms with Gasteiger partial charge in [-0.2, -0.15) is 0 Å². The molecule has 7 heteroatoms. The minimum Gasteiger partial charge on any atom is -0.353 e. The molecule has 1 unspecified atom stereocenters. The molecule has 1 saturated heterocycles. The molecule has 148 valence electrons. The highest BCUT2D eigenvalue weighted by Gasteiger charge is 2.32. The highest BCUT2D eigenvalue weighted by Crippen LogP contribution is 2.24. The Balaban J connectivity index is 1.48. The Morgan fingerprint density at radius 1 is 1.21 bits per heavy atom. The Labute approximate surface area is 166 Å². The van der Waals surface area contributed by atoms with Crippen molar-refractivity contribution in [2.24, 2.45) is 0 Å². The Morgan fingerprint density at radius 2 is 2.00 bits per heavy atom. The van der Waals surface area contributed by atoms with Gasteiger partial charge in [-0.3, -0.25) is 4.79 Å². The summed E-state index contributed by atoms with van der Waals surface area (Å²) in [5.41, 5.74) is 3.08. The van der Waals surface area contributed by atoms with E-state index < -0.39 is 9.84 Å². The van der Waals surface area contributed by atoms with Crippen molar-refractivity contribution in [2.75, 3.05) is 29.5 Å². The number of hydrogen-bond acceptors (Lipinski definition) is 5. The third-order valence-electron chi connectivity index (χ3n) is 5.70. The van der Waals surface area contributed by atoms with Crippen LogP contribution in [0.1, 0.15) is 34.8 Å². The molecule has 0 bridgehead atoms. The van der Waals surface area contributed by atoms with Crippen molar-refractivity contribution in [3.05, 3.63) is 59.3 Å². The minimum absolute atomic E-state index is 0.0138. The van der Waals surface area contributed by atoms with E-state index >= 15 is 0 Å². The summed E-state index contributed by atoms with van der Waals surface area (Å²) < 4.78 is 23.6. The van der Waals surface area contributed by atoms with Crippen LogP contribution in [0.5, 0.6) is 0 Å². The molecule has 28 heavy (non-hydrogen) atoms. The predicted octanol–water partition coefficient (Wildman–Crippen LogP) is 2.29. The lowest BCUT2D eigenvalue weighted by atomic mass is 9.99. The molecule has 1 atom stereocenters. The Kier molecular flexibility index (Phi) is 5.10.